The van der Waals surface area contributed by atoms with Gasteiger partial charge >= 0.3 is 0 Å². The fourth-order valence-electron chi connectivity index (χ4n) is 1.94. The summed E-state index contributed by atoms with van der Waals surface area (Å²) in [4.78, 5) is 2.17. The predicted molar refractivity (Wildman–Crippen MR) is 68.4 cm³/mol. The second kappa shape index (κ2) is 6.12. The van der Waals surface area contributed by atoms with Crippen molar-refractivity contribution in [1.29, 1.82) is 0 Å². The minimum absolute atomic E-state index is 0.101. The smallest absolute Gasteiger partial charge is 0.127 e. The highest BCUT2D eigenvalue weighted by Gasteiger charge is 2.19. The van der Waals surface area contributed by atoms with E-state index in [1.807, 2.05) is 19.2 Å². The first-order valence-corrected chi connectivity index (χ1v) is 6.41. The number of halogens is 1. The summed E-state index contributed by atoms with van der Waals surface area (Å²) >= 11 is 0. The molecular weight excluding hydrogens is 215 g/mol. The van der Waals surface area contributed by atoms with Crippen molar-refractivity contribution < 1.29 is 4.39 Å². The molecule has 1 aromatic rings. The molecule has 1 fully saturated rings. The Balaban J connectivity index is 1.65. The van der Waals surface area contributed by atoms with Gasteiger partial charge in [0.15, 0.2) is 0 Å². The largest absolute Gasteiger partial charge is 0.314 e. The van der Waals surface area contributed by atoms with Gasteiger partial charge in [-0.25, -0.2) is 4.39 Å². The second-order valence-electron chi connectivity index (χ2n) is 4.91. The van der Waals surface area contributed by atoms with Gasteiger partial charge in [0.1, 0.15) is 5.82 Å². The molecule has 1 saturated carbocycles. The zero-order chi connectivity index (χ0) is 12.1. The third-order valence-corrected chi connectivity index (χ3v) is 3.13. The monoisotopic (exact) mass is 236 g/mol. The molecule has 1 N–H and O–H groups in total. The molecule has 0 saturated heterocycles. The van der Waals surface area contributed by atoms with Crippen LogP contribution in [0.1, 0.15) is 24.8 Å². The lowest BCUT2D eigenvalue weighted by Crippen LogP contribution is -2.25. The van der Waals surface area contributed by atoms with E-state index in [0.29, 0.717) is 6.54 Å². The number of benzene rings is 1. The van der Waals surface area contributed by atoms with E-state index in [-0.39, 0.29) is 5.82 Å². The van der Waals surface area contributed by atoms with Crippen LogP contribution in [0, 0.1) is 5.82 Å². The van der Waals surface area contributed by atoms with Crippen LogP contribution in [0.2, 0.25) is 0 Å². The van der Waals surface area contributed by atoms with Gasteiger partial charge in [-0.05, 0) is 45.5 Å². The first kappa shape index (κ1) is 12.5. The zero-order valence-electron chi connectivity index (χ0n) is 10.5. The summed E-state index contributed by atoms with van der Waals surface area (Å²) < 4.78 is 13.4. The summed E-state index contributed by atoms with van der Waals surface area (Å²) in [6.45, 7) is 2.77. The van der Waals surface area contributed by atoms with E-state index in [0.717, 1.165) is 31.1 Å². The summed E-state index contributed by atoms with van der Waals surface area (Å²) in [5.74, 6) is -0.101. The Labute approximate surface area is 103 Å². The topological polar surface area (TPSA) is 15.3 Å². The molecule has 0 atom stereocenters. The number of rotatable bonds is 7. The molecule has 17 heavy (non-hydrogen) atoms. The lowest BCUT2D eigenvalue weighted by Gasteiger charge is -2.17. The van der Waals surface area contributed by atoms with Crippen molar-refractivity contribution in [2.45, 2.75) is 31.8 Å². The van der Waals surface area contributed by atoms with Gasteiger partial charge in [0, 0.05) is 18.2 Å². The first-order valence-electron chi connectivity index (χ1n) is 6.41. The van der Waals surface area contributed by atoms with Gasteiger partial charge < -0.3 is 10.2 Å². The van der Waals surface area contributed by atoms with Gasteiger partial charge in [0.2, 0.25) is 0 Å². The molecule has 0 heterocycles. The van der Waals surface area contributed by atoms with Crippen LogP contribution < -0.4 is 5.32 Å². The number of nitrogens with one attached hydrogen (secondary N) is 1. The SMILES string of the molecule is CN(CCCNC1CC1)Cc1ccccc1F. The number of hydrogen-bond acceptors (Lipinski definition) is 2. The number of nitrogens with zero attached hydrogens (tertiary/aromatic N) is 1. The molecule has 1 aromatic carbocycles. The molecule has 94 valence electrons. The molecule has 0 radical (unpaired) electrons. The van der Waals surface area contributed by atoms with E-state index in [1.54, 1.807) is 6.07 Å². The Morgan fingerprint density at radius 3 is 2.82 bits per heavy atom. The minimum atomic E-state index is -0.101. The summed E-state index contributed by atoms with van der Waals surface area (Å²) in [6, 6.07) is 7.79. The van der Waals surface area contributed by atoms with Gasteiger partial charge in [-0.3, -0.25) is 0 Å². The normalized spacial score (nSPS) is 15.5. The Morgan fingerprint density at radius 2 is 2.12 bits per heavy atom. The highest BCUT2D eigenvalue weighted by atomic mass is 19.1. The lowest BCUT2D eigenvalue weighted by atomic mass is 10.2. The maximum absolute atomic E-state index is 13.4. The molecule has 0 aromatic heterocycles. The summed E-state index contributed by atoms with van der Waals surface area (Å²) in [5.41, 5.74) is 0.783. The van der Waals surface area contributed by atoms with E-state index in [2.05, 4.69) is 10.2 Å². The second-order valence-corrected chi connectivity index (χ2v) is 4.91. The molecule has 0 spiro atoms. The van der Waals surface area contributed by atoms with Crippen LogP contribution in [0.5, 0.6) is 0 Å². The van der Waals surface area contributed by atoms with Crippen LogP contribution in [0.3, 0.4) is 0 Å². The van der Waals surface area contributed by atoms with Crippen molar-refractivity contribution in [2.24, 2.45) is 0 Å². The van der Waals surface area contributed by atoms with Crippen LogP contribution in [0.15, 0.2) is 24.3 Å². The minimum Gasteiger partial charge on any atom is -0.314 e. The van der Waals surface area contributed by atoms with Gasteiger partial charge in [-0.15, -0.1) is 0 Å². The van der Waals surface area contributed by atoms with E-state index in [1.165, 1.54) is 18.9 Å². The Bertz CT molecular complexity index is 350. The van der Waals surface area contributed by atoms with Crippen molar-refractivity contribution in [3.63, 3.8) is 0 Å². The molecule has 2 rings (SSSR count). The summed E-state index contributed by atoms with van der Waals surface area (Å²) in [6.07, 6.45) is 3.80. The van der Waals surface area contributed by atoms with Gasteiger partial charge in [-0.2, -0.15) is 0 Å². The Hall–Kier alpha value is -0.930. The third-order valence-electron chi connectivity index (χ3n) is 3.13. The van der Waals surface area contributed by atoms with Gasteiger partial charge in [-0.1, -0.05) is 18.2 Å². The average molecular weight is 236 g/mol. The van der Waals surface area contributed by atoms with Crippen molar-refractivity contribution in [3.05, 3.63) is 35.6 Å². The lowest BCUT2D eigenvalue weighted by molar-refractivity contribution is 0.314. The maximum Gasteiger partial charge on any atom is 0.127 e. The standard InChI is InChI=1S/C14H21FN2/c1-17(10-4-9-16-13-7-8-13)11-12-5-2-3-6-14(12)15/h2-3,5-6,13,16H,4,7-11H2,1H3. The molecule has 0 aliphatic heterocycles. The van der Waals surface area contributed by atoms with E-state index in [9.17, 15) is 4.39 Å². The van der Waals surface area contributed by atoms with Gasteiger partial charge in [0.25, 0.3) is 0 Å². The zero-order valence-corrected chi connectivity index (χ0v) is 10.5. The molecule has 0 unspecified atom stereocenters. The third kappa shape index (κ3) is 4.44. The van der Waals surface area contributed by atoms with Gasteiger partial charge in [0.05, 0.1) is 0 Å². The summed E-state index contributed by atoms with van der Waals surface area (Å²) in [5, 5.41) is 3.49. The molecule has 2 nitrogen and oxygen atoms in total. The van der Waals surface area contributed by atoms with E-state index < -0.39 is 0 Å². The fraction of sp³-hybridized carbons (Fsp3) is 0.571. The van der Waals surface area contributed by atoms with Crippen molar-refractivity contribution >= 4 is 0 Å². The van der Waals surface area contributed by atoms with E-state index in [4.69, 9.17) is 0 Å². The van der Waals surface area contributed by atoms with Crippen molar-refractivity contribution in [2.75, 3.05) is 20.1 Å². The van der Waals surface area contributed by atoms with E-state index >= 15 is 0 Å². The van der Waals surface area contributed by atoms with Crippen molar-refractivity contribution in [3.8, 4) is 0 Å². The molecule has 3 heteroatoms. The molecule has 1 aliphatic carbocycles. The van der Waals surface area contributed by atoms with Crippen LogP contribution in [0.25, 0.3) is 0 Å². The highest BCUT2D eigenvalue weighted by molar-refractivity contribution is 5.16. The molecule has 1 aliphatic rings. The summed E-state index contributed by atoms with van der Waals surface area (Å²) in [7, 11) is 2.05. The Morgan fingerprint density at radius 1 is 1.35 bits per heavy atom. The number of hydrogen-bond donors (Lipinski definition) is 1. The molecular formula is C14H21FN2. The average Bonchev–Trinajstić information content (AvgIpc) is 3.12. The maximum atomic E-state index is 13.4. The van der Waals surface area contributed by atoms with Crippen LogP contribution in [0.4, 0.5) is 4.39 Å². The van der Waals surface area contributed by atoms with Crippen LogP contribution in [-0.4, -0.2) is 31.1 Å². The quantitative estimate of drug-likeness (QED) is 0.731. The predicted octanol–water partition coefficient (Wildman–Crippen LogP) is 2.40. The first-order chi connectivity index (χ1) is 8.25. The molecule has 0 bridgehead atoms. The Kier molecular flexibility index (Phi) is 4.51. The van der Waals surface area contributed by atoms with Crippen molar-refractivity contribution in [1.82, 2.24) is 10.2 Å². The molecule has 0 amide bonds. The highest BCUT2D eigenvalue weighted by Crippen LogP contribution is 2.18. The van der Waals surface area contributed by atoms with Crippen LogP contribution in [-0.2, 0) is 6.54 Å². The van der Waals surface area contributed by atoms with Crippen LogP contribution >= 0.6 is 0 Å². The fourth-order valence-corrected chi connectivity index (χ4v) is 1.94.